The Morgan fingerprint density at radius 1 is 0.582 bits per heavy atom. The van der Waals surface area contributed by atoms with Gasteiger partial charge in [-0.25, -0.2) is 8.78 Å². The lowest BCUT2D eigenvalue weighted by molar-refractivity contribution is -0.141. The number of aliphatic carboxylic acids is 3. The molecular formula is C44H57F2N11O10. The molecule has 5 N–H and O–H groups in total. The fourth-order valence-corrected chi connectivity index (χ4v) is 8.25. The second-order valence-electron chi connectivity index (χ2n) is 16.9. The van der Waals surface area contributed by atoms with Crippen molar-refractivity contribution in [2.45, 2.75) is 12.3 Å². The van der Waals surface area contributed by atoms with Crippen LogP contribution in [0.2, 0.25) is 0 Å². The summed E-state index contributed by atoms with van der Waals surface area (Å²) in [5, 5.41) is 34.3. The van der Waals surface area contributed by atoms with Gasteiger partial charge in [0.25, 0.3) is 17.7 Å². The van der Waals surface area contributed by atoms with Crippen LogP contribution in [-0.4, -0.2) is 244 Å². The average molecular weight is 938 g/mol. The second kappa shape index (κ2) is 23.5. The van der Waals surface area contributed by atoms with Crippen molar-refractivity contribution in [3.8, 4) is 11.1 Å². The summed E-state index contributed by atoms with van der Waals surface area (Å²) in [4.78, 5) is 108. The van der Waals surface area contributed by atoms with Gasteiger partial charge in [-0.3, -0.25) is 68.0 Å². The lowest BCUT2D eigenvalue weighted by atomic mass is 10.0. The van der Waals surface area contributed by atoms with Gasteiger partial charge in [0.15, 0.2) is 0 Å². The highest BCUT2D eigenvalue weighted by Crippen LogP contribution is 2.27. The smallest absolute Gasteiger partial charge is 0.317 e. The Kier molecular flexibility index (Phi) is 17.6. The number of alkyl halides is 2. The van der Waals surface area contributed by atoms with Gasteiger partial charge < -0.3 is 35.8 Å². The third-order valence-corrected chi connectivity index (χ3v) is 12.0. The molecule has 0 spiro atoms. The van der Waals surface area contributed by atoms with Crippen LogP contribution in [0.25, 0.3) is 22.0 Å². The number of hydrogen-bond acceptors (Lipinski definition) is 14. The molecule has 3 saturated heterocycles. The zero-order valence-electron chi connectivity index (χ0n) is 37.2. The Balaban J connectivity index is 0.960. The summed E-state index contributed by atoms with van der Waals surface area (Å²) < 4.78 is 27.2. The number of halogens is 2. The van der Waals surface area contributed by atoms with Crippen molar-refractivity contribution < 1.29 is 57.7 Å². The van der Waals surface area contributed by atoms with E-state index < -0.39 is 55.2 Å². The molecule has 3 aliphatic heterocycles. The normalized spacial score (nSPS) is 18.5. The molecule has 0 saturated carbocycles. The maximum absolute atomic E-state index is 13.6. The molecule has 3 aliphatic rings. The zero-order chi connectivity index (χ0) is 48.1. The van der Waals surface area contributed by atoms with Crippen LogP contribution in [0.3, 0.4) is 0 Å². The highest BCUT2D eigenvalue weighted by molar-refractivity contribution is 6.07. The molecule has 0 atom stereocenters. The van der Waals surface area contributed by atoms with Crippen LogP contribution >= 0.6 is 0 Å². The molecule has 5 heterocycles. The number of amides is 4. The molecule has 0 aliphatic carbocycles. The minimum atomic E-state index is -2.94. The molecule has 4 amide bonds. The van der Waals surface area contributed by atoms with Crippen LogP contribution in [-0.2, 0) is 24.0 Å². The molecule has 2 aromatic heterocycles. The third kappa shape index (κ3) is 15.1. The van der Waals surface area contributed by atoms with Crippen LogP contribution in [0, 0.1) is 0 Å². The Bertz CT molecular complexity index is 2230. The SMILES string of the molecule is O=C(O)CN1CCN(CC(=O)O)CCN(CC(=O)N2CCN(CCNC(=O)c3ccc(-c4ccc5nccc(C(=O)NCC(=O)N6CCC(F)(F)C6)c5c4)cn3)CC2)CCN(CC(=O)O)CC1. The molecule has 362 valence electrons. The van der Waals surface area contributed by atoms with E-state index in [-0.39, 0.29) is 82.0 Å². The quantitative estimate of drug-likeness (QED) is 0.118. The molecule has 6 rings (SSSR count). The molecule has 21 nitrogen and oxygen atoms in total. The highest BCUT2D eigenvalue weighted by Gasteiger charge is 2.40. The number of rotatable bonds is 16. The number of carboxylic acid groups (broad SMARTS) is 3. The Hall–Kier alpha value is -6.27. The van der Waals surface area contributed by atoms with Crippen LogP contribution < -0.4 is 10.6 Å². The number of hydrogen-bond donors (Lipinski definition) is 5. The lowest BCUT2D eigenvalue weighted by Gasteiger charge is -2.37. The first-order valence-corrected chi connectivity index (χ1v) is 22.1. The van der Waals surface area contributed by atoms with E-state index in [2.05, 4.69) is 25.5 Å². The zero-order valence-corrected chi connectivity index (χ0v) is 37.2. The van der Waals surface area contributed by atoms with Gasteiger partial charge in [0.2, 0.25) is 11.8 Å². The number of nitrogens with one attached hydrogen (secondary N) is 2. The second-order valence-corrected chi connectivity index (χ2v) is 16.9. The lowest BCUT2D eigenvalue weighted by Crippen LogP contribution is -2.53. The minimum Gasteiger partial charge on any atom is -0.480 e. The molecule has 0 unspecified atom stereocenters. The average Bonchev–Trinajstić information content (AvgIpc) is 3.67. The fourth-order valence-electron chi connectivity index (χ4n) is 8.25. The van der Waals surface area contributed by atoms with Gasteiger partial charge in [0, 0.05) is 128 Å². The number of benzene rings is 1. The topological polar surface area (TPSA) is 253 Å². The van der Waals surface area contributed by atoms with E-state index >= 15 is 0 Å². The molecule has 3 fully saturated rings. The summed E-state index contributed by atoms with van der Waals surface area (Å²) in [6.07, 6.45) is 2.60. The fraction of sp³-hybridized carbons (Fsp3) is 0.523. The monoisotopic (exact) mass is 937 g/mol. The summed E-state index contributed by atoms with van der Waals surface area (Å²) in [6, 6.07) is 10.1. The van der Waals surface area contributed by atoms with Gasteiger partial charge in [-0.2, -0.15) is 0 Å². The number of nitrogens with zero attached hydrogens (tertiary/aromatic N) is 9. The van der Waals surface area contributed by atoms with Gasteiger partial charge in [0.1, 0.15) is 5.69 Å². The van der Waals surface area contributed by atoms with Crippen molar-refractivity contribution in [1.29, 1.82) is 0 Å². The molecule has 0 bridgehead atoms. The van der Waals surface area contributed by atoms with Crippen LogP contribution in [0.5, 0.6) is 0 Å². The predicted octanol–water partition coefficient (Wildman–Crippen LogP) is -0.756. The van der Waals surface area contributed by atoms with Crippen molar-refractivity contribution in [2.24, 2.45) is 0 Å². The van der Waals surface area contributed by atoms with Gasteiger partial charge in [0.05, 0.1) is 50.3 Å². The minimum absolute atomic E-state index is 0.0578. The number of carboxylic acids is 3. The van der Waals surface area contributed by atoms with E-state index in [1.165, 1.54) is 12.3 Å². The van der Waals surface area contributed by atoms with E-state index in [1.807, 2.05) is 4.90 Å². The van der Waals surface area contributed by atoms with Gasteiger partial charge >= 0.3 is 17.9 Å². The van der Waals surface area contributed by atoms with E-state index in [4.69, 9.17) is 0 Å². The van der Waals surface area contributed by atoms with Crippen molar-refractivity contribution >= 4 is 52.4 Å². The number of pyridine rings is 2. The van der Waals surface area contributed by atoms with Gasteiger partial charge in [-0.15, -0.1) is 0 Å². The number of carbonyl (C=O) groups excluding carboxylic acids is 4. The van der Waals surface area contributed by atoms with Crippen LogP contribution in [0.1, 0.15) is 27.3 Å². The number of aromatic nitrogens is 2. The highest BCUT2D eigenvalue weighted by atomic mass is 19.3. The van der Waals surface area contributed by atoms with E-state index in [1.54, 1.807) is 56.1 Å². The molecule has 23 heteroatoms. The van der Waals surface area contributed by atoms with Crippen molar-refractivity contribution in [1.82, 2.24) is 54.9 Å². The predicted molar refractivity (Wildman–Crippen MR) is 237 cm³/mol. The third-order valence-electron chi connectivity index (χ3n) is 12.0. The number of fused-ring (bicyclic) bond motifs is 1. The standard InChI is InChI=1S/C44H57F2N11O10/c45-44(46)6-9-57(30-44)37(58)25-50-42(66)33-5-7-47-35-3-1-31(23-34(33)35)32-2-4-36(49-24-32)43(67)48-8-10-51-19-21-56(22-20-51)38(59)26-52-11-13-53(27-39(60)61)15-17-55(29-41(64)65)18-16-54(14-12-52)28-40(62)63/h1-5,7,23-24H,6,8-22,25-30H2,(H,48,67)(H,50,66)(H,60,61)(H,62,63)(H,64,65). The molecule has 0 radical (unpaired) electrons. The summed E-state index contributed by atoms with van der Waals surface area (Å²) >= 11 is 0. The number of carbonyl (C=O) groups is 7. The number of piperazine rings is 1. The molecular weight excluding hydrogens is 881 g/mol. The largest absolute Gasteiger partial charge is 0.480 e. The Labute approximate surface area is 385 Å². The number of likely N-dealkylation sites (tertiary alicyclic amines) is 1. The van der Waals surface area contributed by atoms with Gasteiger partial charge in [-0.05, 0) is 29.8 Å². The first-order valence-electron chi connectivity index (χ1n) is 22.1. The van der Waals surface area contributed by atoms with E-state index in [9.17, 15) is 57.7 Å². The first kappa shape index (κ1) is 50.1. The summed E-state index contributed by atoms with van der Waals surface area (Å²) in [7, 11) is 0. The molecule has 3 aromatic rings. The maximum atomic E-state index is 13.6. The van der Waals surface area contributed by atoms with Crippen LogP contribution in [0.4, 0.5) is 8.78 Å². The summed E-state index contributed by atoms with van der Waals surface area (Å²) in [5.41, 5.74) is 2.33. The van der Waals surface area contributed by atoms with Gasteiger partial charge in [-0.1, -0.05) is 12.1 Å². The summed E-state index contributed by atoms with van der Waals surface area (Å²) in [5.74, 6) is -7.65. The van der Waals surface area contributed by atoms with Crippen molar-refractivity contribution in [2.75, 3.05) is 137 Å². The van der Waals surface area contributed by atoms with E-state index in [0.717, 1.165) is 4.90 Å². The molecule has 1 aromatic carbocycles. The van der Waals surface area contributed by atoms with Crippen LogP contribution in [0.15, 0.2) is 48.8 Å². The van der Waals surface area contributed by atoms with Crippen molar-refractivity contribution in [3.05, 3.63) is 60.0 Å². The van der Waals surface area contributed by atoms with E-state index in [0.29, 0.717) is 87.5 Å². The maximum Gasteiger partial charge on any atom is 0.317 e. The van der Waals surface area contributed by atoms with Crippen molar-refractivity contribution in [3.63, 3.8) is 0 Å². The first-order chi connectivity index (χ1) is 32.0. The Morgan fingerprint density at radius 2 is 1.13 bits per heavy atom. The summed E-state index contributed by atoms with van der Waals surface area (Å²) in [6.45, 7) is 3.49. The molecule has 67 heavy (non-hydrogen) atoms. The Morgan fingerprint density at radius 3 is 1.66 bits per heavy atom.